The zero-order chi connectivity index (χ0) is 12.5. The van der Waals surface area contributed by atoms with Crippen LogP contribution in [-0.4, -0.2) is 4.40 Å². The average molecular weight is 293 g/mol. The van der Waals surface area contributed by atoms with Crippen molar-refractivity contribution in [1.82, 2.24) is 4.40 Å². The standard InChI is InChI=1S/C15H14ClN2.ClH/c1-12-10-17(15-8-4-5-9-18(12)15)11-13-6-2-3-7-14(13)16;/h2-10H,11H2,1H3;1H/q+1;/p-1. The summed E-state index contributed by atoms with van der Waals surface area (Å²) in [5.41, 5.74) is 3.54. The van der Waals surface area contributed by atoms with Crippen molar-refractivity contribution in [3.05, 3.63) is 71.1 Å². The molecule has 0 aliphatic carbocycles. The van der Waals surface area contributed by atoms with Crippen LogP contribution in [-0.2, 0) is 6.54 Å². The summed E-state index contributed by atoms with van der Waals surface area (Å²) in [4.78, 5) is 0. The molecule has 0 N–H and O–H groups in total. The lowest BCUT2D eigenvalue weighted by Crippen LogP contribution is -3.00. The van der Waals surface area contributed by atoms with E-state index in [1.54, 1.807) is 0 Å². The van der Waals surface area contributed by atoms with E-state index < -0.39 is 0 Å². The van der Waals surface area contributed by atoms with Crippen LogP contribution < -0.4 is 17.0 Å². The third-order valence-electron chi connectivity index (χ3n) is 3.15. The second-order valence-electron chi connectivity index (χ2n) is 4.42. The number of aromatic nitrogens is 2. The molecule has 0 spiro atoms. The summed E-state index contributed by atoms with van der Waals surface area (Å²) in [7, 11) is 0. The monoisotopic (exact) mass is 292 g/mol. The van der Waals surface area contributed by atoms with Crippen molar-refractivity contribution < 1.29 is 17.0 Å². The summed E-state index contributed by atoms with van der Waals surface area (Å²) < 4.78 is 4.40. The van der Waals surface area contributed by atoms with E-state index in [1.807, 2.05) is 24.3 Å². The van der Waals surface area contributed by atoms with Crippen molar-refractivity contribution in [2.45, 2.75) is 13.5 Å². The summed E-state index contributed by atoms with van der Waals surface area (Å²) in [5, 5.41) is 0.818. The summed E-state index contributed by atoms with van der Waals surface area (Å²) >= 11 is 6.21. The van der Waals surface area contributed by atoms with E-state index in [-0.39, 0.29) is 12.4 Å². The molecule has 0 saturated heterocycles. The van der Waals surface area contributed by atoms with Crippen LogP contribution in [0.15, 0.2) is 54.9 Å². The number of benzene rings is 1. The molecule has 3 aromatic rings. The van der Waals surface area contributed by atoms with Gasteiger partial charge in [-0.05, 0) is 12.1 Å². The van der Waals surface area contributed by atoms with Gasteiger partial charge in [-0.3, -0.25) is 0 Å². The second kappa shape index (κ2) is 5.64. The fraction of sp³-hybridized carbons (Fsp3) is 0.133. The number of pyridine rings is 1. The lowest BCUT2D eigenvalue weighted by molar-refractivity contribution is -0.662. The van der Waals surface area contributed by atoms with Crippen molar-refractivity contribution >= 4 is 17.2 Å². The Hall–Kier alpha value is -1.51. The zero-order valence-electron chi connectivity index (χ0n) is 10.6. The Morgan fingerprint density at radius 2 is 1.84 bits per heavy atom. The number of aryl methyl sites for hydroxylation is 1. The molecule has 19 heavy (non-hydrogen) atoms. The minimum Gasteiger partial charge on any atom is -1.00 e. The lowest BCUT2D eigenvalue weighted by Gasteiger charge is -2.01. The molecule has 0 amide bonds. The van der Waals surface area contributed by atoms with Crippen LogP contribution in [0.25, 0.3) is 5.65 Å². The Kier molecular flexibility index (Phi) is 4.13. The molecule has 1 aromatic carbocycles. The third-order valence-corrected chi connectivity index (χ3v) is 3.52. The predicted molar refractivity (Wildman–Crippen MR) is 72.9 cm³/mol. The highest BCUT2D eigenvalue weighted by Gasteiger charge is 2.13. The SMILES string of the molecule is Cc1c[n+](Cc2ccccc2Cl)c2ccccn12.[Cl-]. The van der Waals surface area contributed by atoms with Crippen LogP contribution in [0.1, 0.15) is 11.3 Å². The Morgan fingerprint density at radius 1 is 1.11 bits per heavy atom. The molecule has 0 atom stereocenters. The minimum absolute atomic E-state index is 0. The molecular weight excluding hydrogens is 279 g/mol. The van der Waals surface area contributed by atoms with Gasteiger partial charge in [0, 0.05) is 23.6 Å². The van der Waals surface area contributed by atoms with E-state index in [1.165, 1.54) is 11.3 Å². The van der Waals surface area contributed by atoms with Gasteiger partial charge in [0.15, 0.2) is 0 Å². The molecule has 3 rings (SSSR count). The number of imidazole rings is 1. The topological polar surface area (TPSA) is 8.29 Å². The first kappa shape index (κ1) is 13.9. The fourth-order valence-corrected chi connectivity index (χ4v) is 2.45. The van der Waals surface area contributed by atoms with Crippen molar-refractivity contribution in [1.29, 1.82) is 0 Å². The summed E-state index contributed by atoms with van der Waals surface area (Å²) in [5.74, 6) is 0. The van der Waals surface area contributed by atoms with Crippen LogP contribution in [0, 0.1) is 6.92 Å². The highest BCUT2D eigenvalue weighted by Crippen LogP contribution is 2.15. The molecule has 0 bridgehead atoms. The predicted octanol–water partition coefficient (Wildman–Crippen LogP) is 0.241. The van der Waals surface area contributed by atoms with Gasteiger partial charge in [-0.1, -0.05) is 35.9 Å². The molecule has 4 heteroatoms. The van der Waals surface area contributed by atoms with Gasteiger partial charge in [-0.25, -0.2) is 8.97 Å². The van der Waals surface area contributed by atoms with Gasteiger partial charge in [0.05, 0.1) is 6.20 Å². The number of halogens is 2. The lowest BCUT2D eigenvalue weighted by atomic mass is 10.2. The summed E-state index contributed by atoms with van der Waals surface area (Å²) in [6, 6.07) is 14.2. The van der Waals surface area contributed by atoms with Gasteiger partial charge >= 0.3 is 0 Å². The molecule has 0 aliphatic rings. The highest BCUT2D eigenvalue weighted by molar-refractivity contribution is 6.31. The van der Waals surface area contributed by atoms with Crippen molar-refractivity contribution in [2.24, 2.45) is 0 Å². The molecule has 0 aliphatic heterocycles. The Morgan fingerprint density at radius 3 is 2.63 bits per heavy atom. The Labute approximate surface area is 123 Å². The number of hydrogen-bond donors (Lipinski definition) is 0. The van der Waals surface area contributed by atoms with Gasteiger partial charge in [0.2, 0.25) is 0 Å². The number of hydrogen-bond acceptors (Lipinski definition) is 0. The highest BCUT2D eigenvalue weighted by atomic mass is 35.5. The van der Waals surface area contributed by atoms with E-state index in [2.05, 4.69) is 46.5 Å². The molecular formula is C15H14Cl2N2. The van der Waals surface area contributed by atoms with E-state index >= 15 is 0 Å². The smallest absolute Gasteiger partial charge is 0.286 e. The van der Waals surface area contributed by atoms with E-state index in [4.69, 9.17) is 11.6 Å². The van der Waals surface area contributed by atoms with E-state index in [0.717, 1.165) is 17.1 Å². The second-order valence-corrected chi connectivity index (χ2v) is 4.83. The normalized spacial score (nSPS) is 10.4. The molecule has 0 unspecified atom stereocenters. The average Bonchev–Trinajstić information content (AvgIpc) is 2.70. The third kappa shape index (κ3) is 2.60. The fourth-order valence-electron chi connectivity index (χ4n) is 2.26. The van der Waals surface area contributed by atoms with Gasteiger partial charge in [-0.15, -0.1) is 0 Å². The molecule has 0 saturated carbocycles. The maximum atomic E-state index is 6.21. The molecule has 0 radical (unpaired) electrons. The first-order valence-electron chi connectivity index (χ1n) is 5.95. The summed E-state index contributed by atoms with van der Waals surface area (Å²) in [6.07, 6.45) is 4.23. The van der Waals surface area contributed by atoms with Crippen LogP contribution in [0.3, 0.4) is 0 Å². The minimum atomic E-state index is 0. The van der Waals surface area contributed by atoms with Crippen LogP contribution >= 0.6 is 11.6 Å². The van der Waals surface area contributed by atoms with Crippen molar-refractivity contribution in [2.75, 3.05) is 0 Å². The van der Waals surface area contributed by atoms with Crippen LogP contribution in [0.2, 0.25) is 5.02 Å². The number of fused-ring (bicyclic) bond motifs is 1. The quantitative estimate of drug-likeness (QED) is 0.598. The van der Waals surface area contributed by atoms with Crippen molar-refractivity contribution in [3.8, 4) is 0 Å². The maximum Gasteiger partial charge on any atom is 0.286 e. The van der Waals surface area contributed by atoms with Gasteiger partial charge in [0.25, 0.3) is 5.65 Å². The molecule has 2 nitrogen and oxygen atoms in total. The van der Waals surface area contributed by atoms with Gasteiger partial charge in [0.1, 0.15) is 18.4 Å². The number of nitrogens with zero attached hydrogens (tertiary/aromatic N) is 2. The largest absolute Gasteiger partial charge is 1.00 e. The molecule has 98 valence electrons. The maximum absolute atomic E-state index is 6.21. The van der Waals surface area contributed by atoms with Crippen LogP contribution in [0.4, 0.5) is 0 Å². The van der Waals surface area contributed by atoms with Crippen molar-refractivity contribution in [3.63, 3.8) is 0 Å². The molecule has 2 aromatic heterocycles. The molecule has 2 heterocycles. The molecule has 0 fully saturated rings. The summed E-state index contributed by atoms with van der Waals surface area (Å²) in [6.45, 7) is 2.90. The van der Waals surface area contributed by atoms with Crippen LogP contribution in [0.5, 0.6) is 0 Å². The van der Waals surface area contributed by atoms with Gasteiger partial charge in [-0.2, -0.15) is 0 Å². The van der Waals surface area contributed by atoms with E-state index in [0.29, 0.717) is 0 Å². The number of rotatable bonds is 2. The Balaban J connectivity index is 0.00000133. The Bertz CT molecular complexity index is 704. The van der Waals surface area contributed by atoms with E-state index in [9.17, 15) is 0 Å². The van der Waals surface area contributed by atoms with Gasteiger partial charge < -0.3 is 12.4 Å². The zero-order valence-corrected chi connectivity index (χ0v) is 12.1. The first-order chi connectivity index (χ1) is 8.75. The first-order valence-corrected chi connectivity index (χ1v) is 6.33.